The van der Waals surface area contributed by atoms with E-state index in [1.54, 1.807) is 0 Å². The third-order valence-corrected chi connectivity index (χ3v) is 3.99. The van der Waals surface area contributed by atoms with E-state index in [1.807, 2.05) is 18.2 Å². The number of benzene rings is 1. The Morgan fingerprint density at radius 3 is 2.95 bits per heavy atom. The SMILES string of the molecule is CC1CCN(Cc2cccc(C(N)=NO)c2)C(C)C1. The van der Waals surface area contributed by atoms with Gasteiger partial charge in [-0.05, 0) is 43.9 Å². The van der Waals surface area contributed by atoms with Gasteiger partial charge < -0.3 is 10.9 Å². The first-order valence-corrected chi connectivity index (χ1v) is 6.91. The van der Waals surface area contributed by atoms with Crippen molar-refractivity contribution in [3.63, 3.8) is 0 Å². The molecule has 1 saturated heterocycles. The van der Waals surface area contributed by atoms with Crippen LogP contribution in [0.25, 0.3) is 0 Å². The molecule has 1 aromatic rings. The summed E-state index contributed by atoms with van der Waals surface area (Å²) in [5.41, 5.74) is 7.62. The molecule has 1 fully saturated rings. The topological polar surface area (TPSA) is 61.8 Å². The summed E-state index contributed by atoms with van der Waals surface area (Å²) < 4.78 is 0. The Labute approximate surface area is 114 Å². The van der Waals surface area contributed by atoms with Crippen molar-refractivity contribution in [2.75, 3.05) is 6.54 Å². The van der Waals surface area contributed by atoms with Gasteiger partial charge in [-0.1, -0.05) is 30.3 Å². The molecule has 4 heteroatoms. The van der Waals surface area contributed by atoms with Gasteiger partial charge in [0.1, 0.15) is 0 Å². The molecule has 2 rings (SSSR count). The largest absolute Gasteiger partial charge is 0.409 e. The number of oxime groups is 1. The Balaban J connectivity index is 2.07. The summed E-state index contributed by atoms with van der Waals surface area (Å²) in [4.78, 5) is 2.51. The fourth-order valence-electron chi connectivity index (χ4n) is 2.81. The van der Waals surface area contributed by atoms with Crippen LogP contribution >= 0.6 is 0 Å². The Morgan fingerprint density at radius 2 is 2.26 bits per heavy atom. The van der Waals surface area contributed by atoms with Crippen molar-refractivity contribution in [3.8, 4) is 0 Å². The molecule has 3 N–H and O–H groups in total. The van der Waals surface area contributed by atoms with Crippen LogP contribution in [0.5, 0.6) is 0 Å². The standard InChI is InChI=1S/C15H23N3O/c1-11-6-7-18(12(2)8-11)10-13-4-3-5-14(9-13)15(16)17-19/h3-5,9,11-12,19H,6-8,10H2,1-2H3,(H2,16,17). The highest BCUT2D eigenvalue weighted by molar-refractivity contribution is 5.97. The predicted molar refractivity (Wildman–Crippen MR) is 77.2 cm³/mol. The molecule has 2 unspecified atom stereocenters. The highest BCUT2D eigenvalue weighted by Gasteiger charge is 2.22. The smallest absolute Gasteiger partial charge is 0.170 e. The first kappa shape index (κ1) is 13.9. The van der Waals surface area contributed by atoms with Gasteiger partial charge in [0.2, 0.25) is 0 Å². The van der Waals surface area contributed by atoms with Crippen molar-refractivity contribution >= 4 is 5.84 Å². The van der Waals surface area contributed by atoms with E-state index in [0.717, 1.165) is 24.6 Å². The van der Waals surface area contributed by atoms with Crippen LogP contribution in [0.1, 0.15) is 37.8 Å². The molecule has 0 spiro atoms. The quantitative estimate of drug-likeness (QED) is 0.380. The minimum absolute atomic E-state index is 0.169. The predicted octanol–water partition coefficient (Wildman–Crippen LogP) is 2.40. The number of amidine groups is 1. The van der Waals surface area contributed by atoms with E-state index in [9.17, 15) is 0 Å². The average Bonchev–Trinajstić information content (AvgIpc) is 2.41. The summed E-state index contributed by atoms with van der Waals surface area (Å²) in [5, 5.41) is 11.8. The Hall–Kier alpha value is -1.55. The molecule has 2 atom stereocenters. The third kappa shape index (κ3) is 3.47. The molecule has 19 heavy (non-hydrogen) atoms. The number of nitrogens with two attached hydrogens (primary N) is 1. The van der Waals surface area contributed by atoms with E-state index in [1.165, 1.54) is 18.4 Å². The zero-order valence-corrected chi connectivity index (χ0v) is 11.7. The van der Waals surface area contributed by atoms with Crippen LogP contribution in [0.2, 0.25) is 0 Å². The maximum atomic E-state index is 8.72. The molecule has 4 nitrogen and oxygen atoms in total. The molecule has 0 bridgehead atoms. The normalized spacial score (nSPS) is 25.5. The molecule has 1 heterocycles. The number of hydrogen-bond acceptors (Lipinski definition) is 3. The summed E-state index contributed by atoms with van der Waals surface area (Å²) in [5.74, 6) is 0.997. The molecule has 104 valence electrons. The van der Waals surface area contributed by atoms with E-state index in [2.05, 4.69) is 30.0 Å². The van der Waals surface area contributed by atoms with Crippen LogP contribution in [-0.4, -0.2) is 28.5 Å². The molecule has 1 aliphatic rings. The number of likely N-dealkylation sites (tertiary alicyclic amines) is 1. The van der Waals surface area contributed by atoms with Gasteiger partial charge in [0.25, 0.3) is 0 Å². The van der Waals surface area contributed by atoms with Gasteiger partial charge in [-0.15, -0.1) is 0 Å². The van der Waals surface area contributed by atoms with Gasteiger partial charge in [0, 0.05) is 18.2 Å². The van der Waals surface area contributed by atoms with E-state index in [4.69, 9.17) is 10.9 Å². The van der Waals surface area contributed by atoms with E-state index in [-0.39, 0.29) is 5.84 Å². The summed E-state index contributed by atoms with van der Waals surface area (Å²) in [6.45, 7) is 6.70. The lowest BCUT2D eigenvalue weighted by molar-refractivity contribution is 0.122. The second-order valence-electron chi connectivity index (χ2n) is 5.63. The first-order valence-electron chi connectivity index (χ1n) is 6.91. The number of rotatable bonds is 3. The van der Waals surface area contributed by atoms with Crippen molar-refractivity contribution in [1.29, 1.82) is 0 Å². The maximum absolute atomic E-state index is 8.72. The van der Waals surface area contributed by atoms with Gasteiger partial charge in [-0.25, -0.2) is 0 Å². The average molecular weight is 261 g/mol. The highest BCUT2D eigenvalue weighted by atomic mass is 16.4. The fourth-order valence-corrected chi connectivity index (χ4v) is 2.81. The van der Waals surface area contributed by atoms with Gasteiger partial charge in [-0.3, -0.25) is 4.90 Å². The van der Waals surface area contributed by atoms with Gasteiger partial charge in [0.05, 0.1) is 0 Å². The number of nitrogens with zero attached hydrogens (tertiary/aromatic N) is 2. The number of piperidine rings is 1. The van der Waals surface area contributed by atoms with Crippen molar-refractivity contribution < 1.29 is 5.21 Å². The van der Waals surface area contributed by atoms with Crippen molar-refractivity contribution in [2.45, 2.75) is 39.3 Å². The summed E-state index contributed by atoms with van der Waals surface area (Å²) in [7, 11) is 0. The van der Waals surface area contributed by atoms with Crippen LogP contribution in [0.3, 0.4) is 0 Å². The van der Waals surface area contributed by atoms with Crippen LogP contribution in [0.15, 0.2) is 29.4 Å². The zero-order chi connectivity index (χ0) is 13.8. The molecule has 0 amide bonds. The Kier molecular flexibility index (Phi) is 4.43. The van der Waals surface area contributed by atoms with Gasteiger partial charge >= 0.3 is 0 Å². The summed E-state index contributed by atoms with van der Waals surface area (Å²) >= 11 is 0. The lowest BCUT2D eigenvalue weighted by Gasteiger charge is -2.36. The van der Waals surface area contributed by atoms with Crippen LogP contribution in [0, 0.1) is 5.92 Å². The van der Waals surface area contributed by atoms with Crippen molar-refractivity contribution in [3.05, 3.63) is 35.4 Å². The van der Waals surface area contributed by atoms with Gasteiger partial charge in [-0.2, -0.15) is 0 Å². The summed E-state index contributed by atoms with van der Waals surface area (Å²) in [6, 6.07) is 8.54. The van der Waals surface area contributed by atoms with E-state index in [0.29, 0.717) is 6.04 Å². The lowest BCUT2D eigenvalue weighted by Crippen LogP contribution is -2.39. The fraction of sp³-hybridized carbons (Fsp3) is 0.533. The van der Waals surface area contributed by atoms with E-state index >= 15 is 0 Å². The second-order valence-corrected chi connectivity index (χ2v) is 5.63. The molecular formula is C15H23N3O. The molecule has 1 aliphatic heterocycles. The minimum Gasteiger partial charge on any atom is -0.409 e. The van der Waals surface area contributed by atoms with Crippen molar-refractivity contribution in [1.82, 2.24) is 4.90 Å². The molecule has 1 aromatic carbocycles. The molecule has 0 aliphatic carbocycles. The second kappa shape index (κ2) is 6.06. The summed E-state index contributed by atoms with van der Waals surface area (Å²) in [6.07, 6.45) is 2.53. The Bertz CT molecular complexity index is 458. The van der Waals surface area contributed by atoms with E-state index < -0.39 is 0 Å². The van der Waals surface area contributed by atoms with Crippen molar-refractivity contribution in [2.24, 2.45) is 16.8 Å². The highest BCUT2D eigenvalue weighted by Crippen LogP contribution is 2.23. The van der Waals surface area contributed by atoms with Crippen LogP contribution in [0.4, 0.5) is 0 Å². The minimum atomic E-state index is 0.169. The number of hydrogen-bond donors (Lipinski definition) is 2. The molecule has 0 aromatic heterocycles. The molecule has 0 radical (unpaired) electrons. The monoisotopic (exact) mass is 261 g/mol. The molecule has 0 saturated carbocycles. The van der Waals surface area contributed by atoms with Crippen LogP contribution < -0.4 is 5.73 Å². The third-order valence-electron chi connectivity index (χ3n) is 3.99. The molecular weight excluding hydrogens is 238 g/mol. The maximum Gasteiger partial charge on any atom is 0.170 e. The first-order chi connectivity index (χ1) is 9.10. The van der Waals surface area contributed by atoms with Crippen LogP contribution in [-0.2, 0) is 6.54 Å². The zero-order valence-electron chi connectivity index (χ0n) is 11.7. The Morgan fingerprint density at radius 1 is 1.47 bits per heavy atom. The van der Waals surface area contributed by atoms with Gasteiger partial charge in [0.15, 0.2) is 5.84 Å². The lowest BCUT2D eigenvalue weighted by atomic mass is 9.93.